The molecule has 8 aromatic rings. The largest absolute Gasteiger partial charge is 2.00 e. The van der Waals surface area contributed by atoms with Crippen molar-refractivity contribution in [2.24, 2.45) is 0 Å². The van der Waals surface area contributed by atoms with E-state index in [1.54, 1.807) is 0 Å². The molecule has 8 rings (SSSR count). The van der Waals surface area contributed by atoms with Crippen LogP contribution in [0, 0.1) is 0 Å². The van der Waals surface area contributed by atoms with Gasteiger partial charge in [0, 0.05) is 55.3 Å². The van der Waals surface area contributed by atoms with E-state index in [1.807, 2.05) is 257 Å². The van der Waals surface area contributed by atoms with Crippen molar-refractivity contribution in [3.63, 3.8) is 0 Å². The molecule has 0 aliphatic rings. The second-order valence-corrected chi connectivity index (χ2v) is 24.9. The molecule has 0 aliphatic carbocycles. The summed E-state index contributed by atoms with van der Waals surface area (Å²) in [4.78, 5) is 43.2. The molecule has 8 aromatic carbocycles. The van der Waals surface area contributed by atoms with Gasteiger partial charge in [-0.15, -0.1) is 0 Å². The molecule has 22 heteroatoms. The average molecular weight is 1500 g/mol. The molecule has 0 bridgehead atoms. The van der Waals surface area contributed by atoms with Crippen molar-refractivity contribution in [2.75, 3.05) is 0 Å². The van der Waals surface area contributed by atoms with Gasteiger partial charge in [0.1, 0.15) is 0 Å². The number of halogens is 10. The molecule has 2 N–H and O–H groups in total. The van der Waals surface area contributed by atoms with Crippen LogP contribution in [0.5, 0.6) is 0 Å². The number of rotatable bonds is 12. The normalized spacial score (nSPS) is 9.44. The number of hydrogen-bond acceptors (Lipinski definition) is 6. The van der Waals surface area contributed by atoms with Crippen LogP contribution in [0.3, 0.4) is 0 Å². The Kier molecular flexibility index (Phi) is 54.4. The van der Waals surface area contributed by atoms with E-state index in [1.165, 1.54) is 0 Å². The van der Waals surface area contributed by atoms with Crippen molar-refractivity contribution < 1.29 is 117 Å². The summed E-state index contributed by atoms with van der Waals surface area (Å²) in [6.07, 6.45) is 0.803. The molecule has 6 nitrogen and oxygen atoms in total. The second-order valence-electron chi connectivity index (χ2n) is 14.0. The van der Waals surface area contributed by atoms with E-state index in [-0.39, 0.29) is 101 Å². The van der Waals surface area contributed by atoms with Gasteiger partial charge in [-0.2, -0.15) is 0 Å². The van der Waals surface area contributed by atoms with Crippen LogP contribution in [-0.2, 0) is 57.6 Å². The summed E-state index contributed by atoms with van der Waals surface area (Å²) in [5, 5.41) is 8.20. The summed E-state index contributed by atoms with van der Waals surface area (Å²) in [6, 6.07) is 78.7. The third kappa shape index (κ3) is 35.5. The van der Waals surface area contributed by atoms with Crippen LogP contribution in [0.25, 0.3) is 0 Å². The van der Waals surface area contributed by atoms with Crippen LogP contribution in [0.2, 0.25) is 0 Å². The van der Waals surface area contributed by atoms with Crippen LogP contribution < -0.4 is 92.1 Å². The number of alkyl halides is 6. The SMILES string of the molecule is CCC(=O)OP(c1ccccc1)c1ccccc1.CCC(=O)OP(c1ccccc1)c1ccccc1.ClC(Cl)Cl.ClC(Cl)Cl.OP(c1ccccc1)c1ccccc1.OP(c1ccccc1)c1ccccc1.[Cl-].[Cl-].[Cl-].[Cl-].[Ru+2].[Ru+2]. The number of hydrogen-bond donors (Lipinski definition) is 2. The molecule has 0 radical (unpaired) electrons. The molecular weight excluding hydrogens is 1450 g/mol. The van der Waals surface area contributed by atoms with Gasteiger partial charge < -0.3 is 68.5 Å². The Labute approximate surface area is 545 Å². The van der Waals surface area contributed by atoms with E-state index in [2.05, 4.69) is 0 Å². The van der Waals surface area contributed by atoms with Gasteiger partial charge in [0.15, 0.2) is 24.9 Å². The van der Waals surface area contributed by atoms with Gasteiger partial charge in [-0.25, -0.2) is 0 Å². The van der Waals surface area contributed by atoms with Crippen LogP contribution in [0.1, 0.15) is 26.7 Å². The van der Waals surface area contributed by atoms with Crippen LogP contribution in [-0.4, -0.2) is 30.3 Å². The first kappa shape index (κ1) is 82.9. The monoisotopic (exact) mass is 1500 g/mol. The standard InChI is InChI=1S/2C15H15O2P.2C12H11OP.2CHCl3.4ClH.2Ru/c2*1-2-15(16)17-18(13-9-5-3-6-10-13)14-11-7-4-8-12-14;2*13-14(11-7-3-1-4-8-11)12-9-5-2-6-10-12;2*2-1(3)4;;;;;;/h2*3-12H,2H2,1H3;2*1-10,13H;2*1H;4*1H;;/q;;;;;;;;;;2*+2/p-4. The first-order valence-electron chi connectivity index (χ1n) is 22.1. The van der Waals surface area contributed by atoms with Crippen molar-refractivity contribution >= 4 is 157 Å². The molecule has 0 unspecified atom stereocenters. The summed E-state index contributed by atoms with van der Waals surface area (Å²) in [5.41, 5.74) is 0. The number of carbonyl (C=O) groups excluding carboxylic acids is 2. The number of carbonyl (C=O) groups is 2. The Morgan fingerprint density at radius 1 is 0.333 bits per heavy atom. The van der Waals surface area contributed by atoms with Gasteiger partial charge in [-0.05, 0) is 0 Å². The van der Waals surface area contributed by atoms with Crippen molar-refractivity contribution in [3.05, 3.63) is 243 Å². The average Bonchev–Trinajstić information content (AvgIpc) is 3.43. The van der Waals surface area contributed by atoms with Gasteiger partial charge >= 0.3 is 50.9 Å². The van der Waals surface area contributed by atoms with E-state index >= 15 is 0 Å². The maximum absolute atomic E-state index is 11.6. The first-order valence-corrected chi connectivity index (χ1v) is 29.8. The van der Waals surface area contributed by atoms with Crippen LogP contribution in [0.15, 0.2) is 243 Å². The zero-order chi connectivity index (χ0) is 52.4. The smallest absolute Gasteiger partial charge is 1.00 e. The first-order chi connectivity index (χ1) is 34.8. The molecule has 0 aliphatic heterocycles. The quantitative estimate of drug-likeness (QED) is 0.111. The molecule has 0 atom stereocenters. The maximum atomic E-state index is 11.6. The van der Waals surface area contributed by atoms with Gasteiger partial charge in [0.05, 0.1) is 16.3 Å². The fraction of sp³-hybridized carbons (Fsp3) is 0.107. The zero-order valence-corrected chi connectivity index (χ0v) is 56.1. The van der Waals surface area contributed by atoms with E-state index in [0.29, 0.717) is 12.8 Å². The van der Waals surface area contributed by atoms with Gasteiger partial charge in [0.25, 0.3) is 0 Å². The van der Waals surface area contributed by atoms with E-state index in [0.717, 1.165) is 42.4 Å². The molecule has 0 aromatic heterocycles. The Hall–Kier alpha value is -1.51. The van der Waals surface area contributed by atoms with Crippen molar-refractivity contribution in [1.82, 2.24) is 0 Å². The third-order valence-corrected chi connectivity index (χ3v) is 15.9. The minimum Gasteiger partial charge on any atom is -1.00 e. The molecule has 420 valence electrons. The topological polar surface area (TPSA) is 93.1 Å². The Morgan fingerprint density at radius 3 is 0.590 bits per heavy atom. The summed E-state index contributed by atoms with van der Waals surface area (Å²) in [7, 11) is -4.43. The molecule has 0 spiro atoms. The number of benzene rings is 8. The fourth-order valence-electron chi connectivity index (χ4n) is 5.67. The van der Waals surface area contributed by atoms with Crippen molar-refractivity contribution in [2.45, 2.75) is 35.3 Å². The molecule has 0 fully saturated rings. The Morgan fingerprint density at radius 2 is 0.462 bits per heavy atom. The summed E-state index contributed by atoms with van der Waals surface area (Å²) in [5.74, 6) is -0.317. The van der Waals surface area contributed by atoms with Crippen molar-refractivity contribution in [1.29, 1.82) is 0 Å². The van der Waals surface area contributed by atoms with E-state index in [4.69, 9.17) is 78.7 Å². The molecule has 0 heterocycles. The summed E-state index contributed by atoms with van der Waals surface area (Å²) < 4.78 is 9.70. The van der Waals surface area contributed by atoms with E-state index in [9.17, 15) is 19.4 Å². The predicted octanol–water partition coefficient (Wildman–Crippen LogP) is 2.01. The minimum atomic E-state index is -1.17. The fourth-order valence-corrected chi connectivity index (χ4v) is 11.5. The molecule has 0 amide bonds. The molecule has 78 heavy (non-hydrogen) atoms. The van der Waals surface area contributed by atoms with Gasteiger partial charge in [0.2, 0.25) is 0 Å². The summed E-state index contributed by atoms with van der Waals surface area (Å²) >= 11 is 28.8. The van der Waals surface area contributed by atoms with Crippen LogP contribution in [0.4, 0.5) is 0 Å². The van der Waals surface area contributed by atoms with Gasteiger partial charge in [-0.3, -0.25) is 9.59 Å². The van der Waals surface area contributed by atoms with Gasteiger partial charge in [-0.1, -0.05) is 326 Å². The van der Waals surface area contributed by atoms with Crippen LogP contribution >= 0.6 is 102 Å². The summed E-state index contributed by atoms with van der Waals surface area (Å²) in [6.45, 7) is 3.62. The molecular formula is C56H54Cl10O6P4Ru2. The molecule has 0 saturated heterocycles. The zero-order valence-electron chi connectivity index (χ0n) is 41.5. The van der Waals surface area contributed by atoms with E-state index < -0.39 is 41.2 Å². The Bertz CT molecular complexity index is 2290. The third-order valence-electron chi connectivity index (χ3n) is 8.93. The predicted molar refractivity (Wildman–Crippen MR) is 316 cm³/mol. The second kappa shape index (κ2) is 51.2. The molecule has 0 saturated carbocycles. The minimum absolute atomic E-state index is 0. The maximum Gasteiger partial charge on any atom is 2.00 e. The Balaban J connectivity index is -0.000000438. The van der Waals surface area contributed by atoms with Crippen molar-refractivity contribution in [3.8, 4) is 0 Å².